The highest BCUT2D eigenvalue weighted by atomic mass is 16.5. The highest BCUT2D eigenvalue weighted by Gasteiger charge is 2.33. The summed E-state index contributed by atoms with van der Waals surface area (Å²) < 4.78 is 10.5. The smallest absolute Gasteiger partial charge is 0.285 e. The highest BCUT2D eigenvalue weighted by Crippen LogP contribution is 2.32. The van der Waals surface area contributed by atoms with Crippen LogP contribution in [0, 0.1) is 0 Å². The second kappa shape index (κ2) is 8.08. The summed E-state index contributed by atoms with van der Waals surface area (Å²) in [7, 11) is 3.13. The van der Waals surface area contributed by atoms with Crippen molar-refractivity contribution in [3.05, 3.63) is 70.8 Å². The van der Waals surface area contributed by atoms with Crippen molar-refractivity contribution in [1.82, 2.24) is 10.4 Å². The van der Waals surface area contributed by atoms with Crippen molar-refractivity contribution < 1.29 is 29.1 Å². The molecule has 0 aromatic heterocycles. The van der Waals surface area contributed by atoms with E-state index in [2.05, 4.69) is 5.32 Å². The van der Waals surface area contributed by atoms with Gasteiger partial charge in [-0.3, -0.25) is 19.6 Å². The fourth-order valence-corrected chi connectivity index (χ4v) is 3.73. The van der Waals surface area contributed by atoms with Crippen LogP contribution in [0.1, 0.15) is 36.6 Å². The molecule has 0 spiro atoms. The number of nitrogens with one attached hydrogen (secondary N) is 1. The van der Waals surface area contributed by atoms with E-state index in [1.807, 2.05) is 12.1 Å². The molecule has 0 bridgehead atoms. The number of methoxy groups -OCH3 is 2. The summed E-state index contributed by atoms with van der Waals surface area (Å²) >= 11 is 0. The molecule has 0 saturated carbocycles. The van der Waals surface area contributed by atoms with Gasteiger partial charge in [0.2, 0.25) is 0 Å². The maximum atomic E-state index is 12.8. The van der Waals surface area contributed by atoms with Gasteiger partial charge in [0, 0.05) is 17.5 Å². The van der Waals surface area contributed by atoms with Gasteiger partial charge >= 0.3 is 0 Å². The molecule has 3 amide bonds. The molecule has 3 aromatic carbocycles. The Labute approximate surface area is 177 Å². The monoisotopic (exact) mass is 420 g/mol. The van der Waals surface area contributed by atoms with E-state index in [4.69, 9.17) is 9.47 Å². The first kappa shape index (κ1) is 20.4. The lowest BCUT2D eigenvalue weighted by atomic mass is 9.92. The summed E-state index contributed by atoms with van der Waals surface area (Å²) in [5.74, 6) is -0.703. The molecule has 8 nitrogen and oxygen atoms in total. The van der Waals surface area contributed by atoms with E-state index in [1.165, 1.54) is 18.2 Å². The Morgan fingerprint density at radius 1 is 0.968 bits per heavy atom. The minimum Gasteiger partial charge on any atom is -0.493 e. The minimum absolute atomic E-state index is 0.0972. The lowest BCUT2D eigenvalue weighted by Gasteiger charge is -2.22. The third-order valence-corrected chi connectivity index (χ3v) is 5.28. The van der Waals surface area contributed by atoms with Gasteiger partial charge in [0.05, 0.1) is 25.3 Å². The van der Waals surface area contributed by atoms with Crippen molar-refractivity contribution in [3.63, 3.8) is 0 Å². The molecule has 0 aliphatic carbocycles. The predicted molar refractivity (Wildman–Crippen MR) is 112 cm³/mol. The molecule has 158 valence electrons. The summed E-state index contributed by atoms with van der Waals surface area (Å²) in [6.45, 7) is 0.375. The van der Waals surface area contributed by atoms with Crippen molar-refractivity contribution in [2.24, 2.45) is 0 Å². The lowest BCUT2D eigenvalue weighted by Crippen LogP contribution is -2.37. The van der Waals surface area contributed by atoms with Crippen LogP contribution in [-0.4, -0.2) is 48.8 Å². The maximum Gasteiger partial charge on any atom is 0.285 e. The van der Waals surface area contributed by atoms with Crippen molar-refractivity contribution >= 4 is 28.5 Å². The van der Waals surface area contributed by atoms with E-state index < -0.39 is 11.8 Å². The van der Waals surface area contributed by atoms with Crippen LogP contribution in [0.25, 0.3) is 10.8 Å². The number of carbonyl (C=O) groups excluding carboxylic acids is 3. The Morgan fingerprint density at radius 2 is 1.68 bits per heavy atom. The molecule has 1 heterocycles. The molecule has 0 fully saturated rings. The number of nitrogens with zero attached hydrogens (tertiary/aromatic N) is 1. The van der Waals surface area contributed by atoms with Gasteiger partial charge in [-0.05, 0) is 47.7 Å². The predicted octanol–water partition coefficient (Wildman–Crippen LogP) is 2.81. The van der Waals surface area contributed by atoms with Crippen LogP contribution in [0.4, 0.5) is 0 Å². The lowest BCUT2D eigenvalue weighted by molar-refractivity contribution is -0.0377. The molecule has 1 aliphatic heterocycles. The molecule has 8 heteroatoms. The first-order valence-corrected chi connectivity index (χ1v) is 9.58. The van der Waals surface area contributed by atoms with Crippen molar-refractivity contribution in [2.75, 3.05) is 20.8 Å². The number of benzene rings is 3. The third kappa shape index (κ3) is 3.47. The van der Waals surface area contributed by atoms with Crippen LogP contribution in [0.2, 0.25) is 0 Å². The number of rotatable bonds is 6. The summed E-state index contributed by atoms with van der Waals surface area (Å²) in [5.41, 5.74) is 1.66. The quantitative estimate of drug-likeness (QED) is 0.469. The van der Waals surface area contributed by atoms with E-state index in [0.717, 1.165) is 5.56 Å². The number of carbonyl (C=O) groups is 3. The molecule has 0 radical (unpaired) electrons. The fourth-order valence-electron chi connectivity index (χ4n) is 3.73. The first-order chi connectivity index (χ1) is 15.0. The Bertz CT molecular complexity index is 1200. The summed E-state index contributed by atoms with van der Waals surface area (Å²) in [6, 6.07) is 13.3. The summed E-state index contributed by atoms with van der Waals surface area (Å²) in [5, 5.41) is 13.6. The Hall–Kier alpha value is -3.91. The van der Waals surface area contributed by atoms with Crippen LogP contribution in [0.15, 0.2) is 48.5 Å². The Kier molecular flexibility index (Phi) is 5.31. The molecule has 0 atom stereocenters. The van der Waals surface area contributed by atoms with E-state index in [0.29, 0.717) is 40.8 Å². The number of hydrogen-bond donors (Lipinski definition) is 2. The van der Waals surface area contributed by atoms with Gasteiger partial charge in [0.1, 0.15) is 0 Å². The average molecular weight is 420 g/mol. The molecule has 4 rings (SSSR count). The number of ether oxygens (including phenoxy) is 2. The topological polar surface area (TPSA) is 105 Å². The molecule has 0 unspecified atom stereocenters. The summed E-state index contributed by atoms with van der Waals surface area (Å²) in [6.07, 6.45) is 0.573. The van der Waals surface area contributed by atoms with Gasteiger partial charge in [-0.1, -0.05) is 18.2 Å². The molecule has 1 aliphatic rings. The normalized spacial score (nSPS) is 12.8. The SMILES string of the molecule is COc1ccc(CCNC(=O)c2ccc3c4c(cccc24)C(=O)N(O)C3=O)cc1OC. The van der Waals surface area contributed by atoms with Gasteiger partial charge in [-0.25, -0.2) is 0 Å². The van der Waals surface area contributed by atoms with Gasteiger partial charge in [-0.15, -0.1) is 5.06 Å². The van der Waals surface area contributed by atoms with Gasteiger partial charge in [-0.2, -0.15) is 0 Å². The highest BCUT2D eigenvalue weighted by molar-refractivity contribution is 6.26. The standard InChI is InChI=1S/C23H20N2O6/c1-30-18-9-6-13(12-19(18)31-2)10-11-24-21(26)15-7-8-17-20-14(15)4-3-5-16(20)22(27)25(29)23(17)28/h3-9,12,29H,10-11H2,1-2H3,(H,24,26). The number of amides is 3. The van der Waals surface area contributed by atoms with Crippen LogP contribution >= 0.6 is 0 Å². The molecule has 0 saturated heterocycles. The van der Waals surface area contributed by atoms with E-state index >= 15 is 0 Å². The van der Waals surface area contributed by atoms with E-state index in [9.17, 15) is 19.6 Å². The Balaban J connectivity index is 1.56. The minimum atomic E-state index is -0.811. The van der Waals surface area contributed by atoms with Crippen LogP contribution in [0.5, 0.6) is 11.5 Å². The van der Waals surface area contributed by atoms with Crippen molar-refractivity contribution in [3.8, 4) is 11.5 Å². The maximum absolute atomic E-state index is 12.8. The largest absolute Gasteiger partial charge is 0.493 e. The van der Waals surface area contributed by atoms with Gasteiger partial charge in [0.25, 0.3) is 17.7 Å². The van der Waals surface area contributed by atoms with E-state index in [-0.39, 0.29) is 22.1 Å². The zero-order chi connectivity index (χ0) is 22.1. The van der Waals surface area contributed by atoms with Crippen molar-refractivity contribution in [2.45, 2.75) is 6.42 Å². The van der Waals surface area contributed by atoms with Crippen molar-refractivity contribution in [1.29, 1.82) is 0 Å². The van der Waals surface area contributed by atoms with Crippen LogP contribution in [-0.2, 0) is 6.42 Å². The second-order valence-electron chi connectivity index (χ2n) is 7.01. The molecular formula is C23H20N2O6. The number of hydroxylamine groups is 2. The molecule has 2 N–H and O–H groups in total. The average Bonchev–Trinajstić information content (AvgIpc) is 2.80. The second-order valence-corrected chi connectivity index (χ2v) is 7.01. The molecule has 31 heavy (non-hydrogen) atoms. The fraction of sp³-hybridized carbons (Fsp3) is 0.174. The summed E-state index contributed by atoms with van der Waals surface area (Å²) in [4.78, 5) is 37.4. The number of hydrogen-bond acceptors (Lipinski definition) is 6. The van der Waals surface area contributed by atoms with Crippen LogP contribution < -0.4 is 14.8 Å². The third-order valence-electron chi connectivity index (χ3n) is 5.28. The zero-order valence-electron chi connectivity index (χ0n) is 17.0. The first-order valence-electron chi connectivity index (χ1n) is 9.58. The number of imide groups is 1. The van der Waals surface area contributed by atoms with Crippen LogP contribution in [0.3, 0.4) is 0 Å². The zero-order valence-corrected chi connectivity index (χ0v) is 17.0. The van der Waals surface area contributed by atoms with E-state index in [1.54, 1.807) is 32.4 Å². The molecule has 3 aromatic rings. The molecular weight excluding hydrogens is 400 g/mol. The van der Waals surface area contributed by atoms with Gasteiger partial charge < -0.3 is 14.8 Å². The van der Waals surface area contributed by atoms with Gasteiger partial charge in [0.15, 0.2) is 11.5 Å². The Morgan fingerprint density at radius 3 is 2.39 bits per heavy atom.